The van der Waals surface area contributed by atoms with E-state index in [1.54, 1.807) is 10.8 Å². The minimum atomic E-state index is -4.67. The Morgan fingerprint density at radius 1 is 0.873 bits per heavy atom. The number of nitrogens with zero attached hydrogens (tertiary/aromatic N) is 1. The number of unbranched alkanes of at least 4 members (excludes halogenated alkanes) is 3. The Labute approximate surface area is 381 Å². The number of aryl methyl sites for hydroxylation is 1. The Hall–Kier alpha value is -0.430. The van der Waals surface area contributed by atoms with E-state index in [1.165, 1.54) is 36.8 Å². The Kier molecular flexibility index (Phi) is 23.1. The standard InChI is InChI=1S/C43H74F3NO12P2S2/c1-41(2,43(44,45)46)57-25-11-24-56-40-18-17-39-38-15-13-34-30-35(14-16-36(34)37(38)19-20-42(39,40)3)55-26-22-47(4)21-8-6-7-9-28-62-63-29-27-54-23-10-12-33(31-58-60(48,49)50)32-59-61(51,52)53-5/h14,16,30,33,37-40H,6-13,15,17-29,31-32H2,1-5H3,(H,51,52)(H2,48,49,50). The predicted octanol–water partition coefficient (Wildman–Crippen LogP) is 10.2. The molecule has 1 aromatic rings. The van der Waals surface area contributed by atoms with Gasteiger partial charge < -0.3 is 38.5 Å². The van der Waals surface area contributed by atoms with Crippen molar-refractivity contribution in [1.82, 2.24) is 4.90 Å². The van der Waals surface area contributed by atoms with E-state index < -0.39 is 33.3 Å². The molecule has 0 bridgehead atoms. The van der Waals surface area contributed by atoms with Crippen LogP contribution in [0.5, 0.6) is 5.75 Å². The van der Waals surface area contributed by atoms with Crippen molar-refractivity contribution >= 4 is 37.2 Å². The highest BCUT2D eigenvalue weighted by Gasteiger charge is 2.55. The van der Waals surface area contributed by atoms with Crippen LogP contribution in [0.25, 0.3) is 0 Å². The van der Waals surface area contributed by atoms with Crippen molar-refractivity contribution in [2.75, 3.05) is 85.0 Å². The summed E-state index contributed by atoms with van der Waals surface area (Å²) in [5.74, 6) is 4.16. The van der Waals surface area contributed by atoms with Crippen LogP contribution in [0.15, 0.2) is 18.2 Å². The van der Waals surface area contributed by atoms with E-state index >= 15 is 0 Å². The van der Waals surface area contributed by atoms with Crippen LogP contribution < -0.4 is 4.74 Å². The van der Waals surface area contributed by atoms with Crippen LogP contribution in [0.2, 0.25) is 0 Å². The summed E-state index contributed by atoms with van der Waals surface area (Å²) >= 11 is 0. The summed E-state index contributed by atoms with van der Waals surface area (Å²) in [4.78, 5) is 29.7. The molecule has 3 aliphatic rings. The van der Waals surface area contributed by atoms with Gasteiger partial charge in [-0.15, -0.1) is 0 Å². The molecule has 0 spiro atoms. The highest BCUT2D eigenvalue weighted by atomic mass is 33.1. The molecule has 3 N–H and O–H groups in total. The molecule has 0 aromatic heterocycles. The van der Waals surface area contributed by atoms with Crippen LogP contribution in [0.1, 0.15) is 115 Å². The number of halogens is 3. The minimum Gasteiger partial charge on any atom is -0.492 e. The van der Waals surface area contributed by atoms with Crippen molar-refractivity contribution in [3.63, 3.8) is 0 Å². The third-order valence-electron chi connectivity index (χ3n) is 13.1. The third-order valence-corrected chi connectivity index (χ3v) is 17.0. The maximum absolute atomic E-state index is 13.1. The normalized spacial score (nSPS) is 24.2. The van der Waals surface area contributed by atoms with E-state index in [0.717, 1.165) is 89.8 Å². The summed E-state index contributed by atoms with van der Waals surface area (Å²) < 4.78 is 99.2. The first-order chi connectivity index (χ1) is 29.7. The van der Waals surface area contributed by atoms with Gasteiger partial charge in [-0.2, -0.15) is 13.2 Å². The molecule has 4 rings (SSSR count). The molecule has 7 atom stereocenters. The maximum atomic E-state index is 13.1. The van der Waals surface area contributed by atoms with Gasteiger partial charge in [0.25, 0.3) is 0 Å². The molecule has 0 aliphatic heterocycles. The van der Waals surface area contributed by atoms with Crippen molar-refractivity contribution < 1.29 is 69.5 Å². The number of ether oxygens (including phenoxy) is 4. The van der Waals surface area contributed by atoms with Gasteiger partial charge in [0.15, 0.2) is 5.60 Å². The number of phosphoric acid groups is 2. The van der Waals surface area contributed by atoms with E-state index in [0.29, 0.717) is 63.4 Å². The molecule has 13 nitrogen and oxygen atoms in total. The Bertz CT molecular complexity index is 1600. The van der Waals surface area contributed by atoms with Crippen molar-refractivity contribution in [3.8, 4) is 5.75 Å². The zero-order valence-corrected chi connectivity index (χ0v) is 41.3. The molecule has 0 radical (unpaired) electrons. The molecule has 20 heteroatoms. The predicted molar refractivity (Wildman–Crippen MR) is 242 cm³/mol. The Morgan fingerprint density at radius 2 is 1.62 bits per heavy atom. The lowest BCUT2D eigenvalue weighted by Gasteiger charge is -2.50. The summed E-state index contributed by atoms with van der Waals surface area (Å²) in [5, 5.41) is 0. The lowest BCUT2D eigenvalue weighted by molar-refractivity contribution is -0.264. The summed E-state index contributed by atoms with van der Waals surface area (Å²) in [7, 11) is -2.06. The van der Waals surface area contributed by atoms with Gasteiger partial charge in [-0.3, -0.25) is 13.6 Å². The van der Waals surface area contributed by atoms with Crippen LogP contribution in [0, 0.1) is 23.2 Å². The molecule has 7 unspecified atom stereocenters. The van der Waals surface area contributed by atoms with Gasteiger partial charge in [-0.1, -0.05) is 47.4 Å². The van der Waals surface area contributed by atoms with Crippen LogP contribution in [-0.2, 0) is 43.3 Å². The van der Waals surface area contributed by atoms with Crippen molar-refractivity contribution in [1.29, 1.82) is 0 Å². The van der Waals surface area contributed by atoms with E-state index in [4.69, 9.17) is 33.3 Å². The monoisotopic (exact) mass is 979 g/mol. The van der Waals surface area contributed by atoms with Crippen LogP contribution >= 0.6 is 37.2 Å². The van der Waals surface area contributed by atoms with Gasteiger partial charge in [0.2, 0.25) is 0 Å². The molecule has 0 saturated heterocycles. The van der Waals surface area contributed by atoms with Gasteiger partial charge in [0.1, 0.15) is 12.4 Å². The van der Waals surface area contributed by atoms with Crippen LogP contribution in [0.3, 0.4) is 0 Å². The van der Waals surface area contributed by atoms with E-state index in [9.17, 15) is 27.2 Å². The maximum Gasteiger partial charge on any atom is 0.471 e. The second kappa shape index (κ2) is 26.4. The molecule has 2 saturated carbocycles. The summed E-state index contributed by atoms with van der Waals surface area (Å²) in [6.45, 7) is 8.01. The third kappa shape index (κ3) is 18.5. The molecule has 1 aromatic carbocycles. The summed E-state index contributed by atoms with van der Waals surface area (Å²) in [5.41, 5.74) is 0.867. The number of hydrogen-bond donors (Lipinski definition) is 3. The Balaban J connectivity index is 1.00. The second-order valence-corrected chi connectivity index (χ2v) is 23.5. The quantitative estimate of drug-likeness (QED) is 0.0355. The average molecular weight is 980 g/mol. The summed E-state index contributed by atoms with van der Waals surface area (Å²) in [6.07, 6.45) is 8.55. The molecule has 2 fully saturated rings. The van der Waals surface area contributed by atoms with E-state index in [1.807, 2.05) is 10.8 Å². The number of phosphoric ester groups is 2. The smallest absolute Gasteiger partial charge is 0.471 e. The highest BCUT2D eigenvalue weighted by molar-refractivity contribution is 8.76. The fraction of sp³-hybridized carbons (Fsp3) is 0.860. The van der Waals surface area contributed by atoms with Gasteiger partial charge >= 0.3 is 21.8 Å². The number of rotatable bonds is 32. The van der Waals surface area contributed by atoms with Gasteiger partial charge in [0.05, 0.1) is 25.9 Å². The molecule has 63 heavy (non-hydrogen) atoms. The minimum absolute atomic E-state index is 0.0321. The first-order valence-electron chi connectivity index (χ1n) is 22.6. The highest BCUT2D eigenvalue weighted by Crippen LogP contribution is 2.61. The van der Waals surface area contributed by atoms with Crippen molar-refractivity contribution in [3.05, 3.63) is 29.3 Å². The first kappa shape index (κ1) is 55.2. The molecule has 3 aliphatic carbocycles. The first-order valence-corrected chi connectivity index (χ1v) is 28.1. The molecule has 0 heterocycles. The zero-order valence-electron chi connectivity index (χ0n) is 37.9. The van der Waals surface area contributed by atoms with Crippen LogP contribution in [0.4, 0.5) is 13.2 Å². The number of likely N-dealkylation sites (N-methyl/N-ethyl adjacent to an activating group) is 1. The fourth-order valence-corrected chi connectivity index (χ4v) is 12.3. The number of benzene rings is 1. The van der Waals surface area contributed by atoms with Crippen LogP contribution in [-0.4, -0.2) is 122 Å². The largest absolute Gasteiger partial charge is 0.492 e. The SMILES string of the molecule is COP(=O)(O)OCC(CCCOCCSSCCCCCCN(C)CCOc1ccc2c(c1)CCC1C2CCC2(C)C(OCCCOC(C)(C)C(F)(F)F)CCC12)COP(=O)(O)O. The summed E-state index contributed by atoms with van der Waals surface area (Å²) in [6, 6.07) is 6.73. The second-order valence-electron chi connectivity index (χ2n) is 18.0. The Morgan fingerprint density at radius 3 is 2.37 bits per heavy atom. The molecular weight excluding hydrogens is 906 g/mol. The van der Waals surface area contributed by atoms with E-state index in [2.05, 4.69) is 46.1 Å². The number of alkyl halides is 3. The zero-order chi connectivity index (χ0) is 46.2. The molecule has 366 valence electrons. The van der Waals surface area contributed by atoms with Gasteiger partial charge in [0, 0.05) is 50.9 Å². The van der Waals surface area contributed by atoms with E-state index in [-0.39, 0.29) is 31.3 Å². The molecular formula is C43H74F3NO12P2S2. The average Bonchev–Trinajstić information content (AvgIpc) is 3.56. The lowest BCUT2D eigenvalue weighted by Crippen LogP contribution is -2.45. The van der Waals surface area contributed by atoms with Gasteiger partial charge in [-0.25, -0.2) is 9.13 Å². The molecule has 0 amide bonds. The number of hydrogen-bond acceptors (Lipinski definition) is 12. The topological polar surface area (TPSA) is 163 Å². The van der Waals surface area contributed by atoms with Crippen molar-refractivity contribution in [2.45, 2.75) is 128 Å². The fourth-order valence-electron chi connectivity index (χ4n) is 9.35. The van der Waals surface area contributed by atoms with Crippen molar-refractivity contribution in [2.24, 2.45) is 23.2 Å². The lowest BCUT2D eigenvalue weighted by atomic mass is 9.55. The number of fused-ring (bicyclic) bond motifs is 5. The van der Waals surface area contributed by atoms with Gasteiger partial charge in [-0.05, 0) is 144 Å².